The number of aromatic nitrogens is 2. The number of nitrogens with one attached hydrogen (secondary N) is 4. The molecule has 0 saturated heterocycles. The number of aliphatic hydroxyl groups excluding tert-OH is 2. The molecule has 2 amide bonds. The summed E-state index contributed by atoms with van der Waals surface area (Å²) in [6.07, 6.45) is 11.0. The molecule has 1 aromatic heterocycles. The van der Waals surface area contributed by atoms with Crippen molar-refractivity contribution in [1.82, 2.24) is 25.9 Å². The van der Waals surface area contributed by atoms with Gasteiger partial charge in [0.05, 0.1) is 24.5 Å². The largest absolute Gasteiger partial charge is 0.390 e. The van der Waals surface area contributed by atoms with E-state index in [2.05, 4.69) is 25.9 Å². The zero-order valence-electron chi connectivity index (χ0n) is 23.7. The standard InChI is InChI=1S/C31H47N5O4/c1-2-15-33-26(17-22-11-7-4-8-12-22)30(39)36-27(18-24-19-32-20-34-24)31(40)35-25(16-21-9-5-3-6-10-21)29(38)28(37)23-13-14-23/h4,7-8,11-12,19-21,23,25-29,33,37-38H,2-3,5-6,9-10,13-18H2,1H3,(H,32,34)(H,35,40)(H,36,39)/t25-,26?,27-,28-,29+/m0/s1. The third-order valence-electron chi connectivity index (χ3n) is 8.36. The Bertz CT molecular complexity index is 1020. The summed E-state index contributed by atoms with van der Waals surface area (Å²) >= 11 is 0. The predicted molar refractivity (Wildman–Crippen MR) is 154 cm³/mol. The molecule has 1 heterocycles. The van der Waals surface area contributed by atoms with Gasteiger partial charge in [-0.3, -0.25) is 9.59 Å². The fourth-order valence-electron chi connectivity index (χ4n) is 5.83. The Kier molecular flexibility index (Phi) is 11.6. The van der Waals surface area contributed by atoms with Crippen molar-refractivity contribution in [2.75, 3.05) is 6.54 Å². The van der Waals surface area contributed by atoms with E-state index in [-0.39, 0.29) is 24.2 Å². The van der Waals surface area contributed by atoms with Crippen molar-refractivity contribution in [1.29, 1.82) is 0 Å². The summed E-state index contributed by atoms with van der Waals surface area (Å²) in [7, 11) is 0. The van der Waals surface area contributed by atoms with Crippen LogP contribution in [0.2, 0.25) is 0 Å². The first kappa shape index (κ1) is 30.2. The average molecular weight is 554 g/mol. The Balaban J connectivity index is 1.49. The second-order valence-electron chi connectivity index (χ2n) is 11.7. The highest BCUT2D eigenvalue weighted by Gasteiger charge is 2.40. The van der Waals surface area contributed by atoms with Gasteiger partial charge in [0.2, 0.25) is 11.8 Å². The molecule has 0 radical (unpaired) electrons. The molecule has 4 rings (SSSR count). The molecule has 0 aliphatic heterocycles. The highest BCUT2D eigenvalue weighted by Crippen LogP contribution is 2.36. The van der Waals surface area contributed by atoms with Crippen LogP contribution in [0.1, 0.15) is 76.0 Å². The van der Waals surface area contributed by atoms with E-state index in [1.165, 1.54) is 6.42 Å². The summed E-state index contributed by atoms with van der Waals surface area (Å²) in [4.78, 5) is 34.5. The number of H-pyrrole nitrogens is 1. The number of rotatable bonds is 16. The molecule has 2 aliphatic carbocycles. The van der Waals surface area contributed by atoms with Crippen LogP contribution in [0.5, 0.6) is 0 Å². The van der Waals surface area contributed by atoms with E-state index < -0.39 is 30.3 Å². The summed E-state index contributed by atoms with van der Waals surface area (Å²) in [6.45, 7) is 2.73. The Hall–Kier alpha value is -2.75. The van der Waals surface area contributed by atoms with Crippen molar-refractivity contribution in [3.8, 4) is 0 Å². The third-order valence-corrected chi connectivity index (χ3v) is 8.36. The van der Waals surface area contributed by atoms with Crippen LogP contribution in [0.25, 0.3) is 0 Å². The minimum Gasteiger partial charge on any atom is -0.390 e. The van der Waals surface area contributed by atoms with Gasteiger partial charge in [0, 0.05) is 18.3 Å². The van der Waals surface area contributed by atoms with Gasteiger partial charge in [-0.1, -0.05) is 69.4 Å². The molecule has 0 spiro atoms. The van der Waals surface area contributed by atoms with Gasteiger partial charge in [-0.15, -0.1) is 0 Å². The van der Waals surface area contributed by atoms with E-state index in [9.17, 15) is 19.8 Å². The Morgan fingerprint density at radius 1 is 0.975 bits per heavy atom. The lowest BCUT2D eigenvalue weighted by atomic mass is 9.82. The van der Waals surface area contributed by atoms with E-state index in [0.717, 1.165) is 56.2 Å². The molecule has 220 valence electrons. The molecule has 2 fully saturated rings. The molecule has 9 heteroatoms. The van der Waals surface area contributed by atoms with Crippen LogP contribution in [0, 0.1) is 11.8 Å². The van der Waals surface area contributed by atoms with Crippen LogP contribution >= 0.6 is 0 Å². The molecule has 40 heavy (non-hydrogen) atoms. The number of aliphatic hydroxyl groups is 2. The zero-order chi connectivity index (χ0) is 28.3. The summed E-state index contributed by atoms with van der Waals surface area (Å²) in [5, 5.41) is 31.3. The third kappa shape index (κ3) is 9.14. The summed E-state index contributed by atoms with van der Waals surface area (Å²) in [6, 6.07) is 7.88. The highest BCUT2D eigenvalue weighted by atomic mass is 16.3. The molecule has 5 atom stereocenters. The molecule has 9 nitrogen and oxygen atoms in total. The SMILES string of the molecule is CCCNC(Cc1ccccc1)C(=O)N[C@@H](Cc1cnc[nH]1)C(=O)N[C@@H](CC1CCCCC1)[C@@H](O)[C@@H](O)C1CC1. The van der Waals surface area contributed by atoms with E-state index in [1.54, 1.807) is 12.5 Å². The van der Waals surface area contributed by atoms with Crippen LogP contribution in [0.15, 0.2) is 42.9 Å². The van der Waals surface area contributed by atoms with Crippen LogP contribution in [0.3, 0.4) is 0 Å². The van der Waals surface area contributed by atoms with Crippen molar-refractivity contribution in [2.45, 2.75) is 108 Å². The average Bonchev–Trinajstić information content (AvgIpc) is 3.70. The van der Waals surface area contributed by atoms with Crippen molar-refractivity contribution < 1.29 is 19.8 Å². The van der Waals surface area contributed by atoms with Crippen molar-refractivity contribution in [3.05, 3.63) is 54.1 Å². The first-order valence-corrected chi connectivity index (χ1v) is 15.2. The molecule has 2 aliphatic rings. The van der Waals surface area contributed by atoms with Crippen LogP contribution in [-0.4, -0.2) is 68.9 Å². The van der Waals surface area contributed by atoms with Gasteiger partial charge in [0.1, 0.15) is 12.1 Å². The first-order chi connectivity index (χ1) is 19.4. The maximum Gasteiger partial charge on any atom is 0.243 e. The van der Waals surface area contributed by atoms with Crippen molar-refractivity contribution >= 4 is 11.8 Å². The molecule has 6 N–H and O–H groups in total. The van der Waals surface area contributed by atoms with E-state index in [1.807, 2.05) is 37.3 Å². The van der Waals surface area contributed by atoms with Gasteiger partial charge >= 0.3 is 0 Å². The van der Waals surface area contributed by atoms with Gasteiger partial charge in [0.15, 0.2) is 0 Å². The quantitative estimate of drug-likeness (QED) is 0.189. The second-order valence-corrected chi connectivity index (χ2v) is 11.7. The molecule has 2 saturated carbocycles. The van der Waals surface area contributed by atoms with Crippen LogP contribution < -0.4 is 16.0 Å². The highest BCUT2D eigenvalue weighted by molar-refractivity contribution is 5.90. The fourth-order valence-corrected chi connectivity index (χ4v) is 5.83. The molecule has 1 unspecified atom stereocenters. The first-order valence-electron chi connectivity index (χ1n) is 15.2. The molecule has 0 bridgehead atoms. The molecular formula is C31H47N5O4. The topological polar surface area (TPSA) is 139 Å². The van der Waals surface area contributed by atoms with E-state index >= 15 is 0 Å². The zero-order valence-corrected chi connectivity index (χ0v) is 23.7. The van der Waals surface area contributed by atoms with E-state index in [0.29, 0.717) is 25.3 Å². The summed E-state index contributed by atoms with van der Waals surface area (Å²) in [5.74, 6) is -0.127. The van der Waals surface area contributed by atoms with Crippen molar-refractivity contribution in [2.24, 2.45) is 11.8 Å². The van der Waals surface area contributed by atoms with Gasteiger partial charge in [-0.25, -0.2) is 4.98 Å². The number of imidazole rings is 1. The fraction of sp³-hybridized carbons (Fsp3) is 0.645. The maximum absolute atomic E-state index is 13.8. The number of hydrogen-bond donors (Lipinski definition) is 6. The van der Waals surface area contributed by atoms with Crippen molar-refractivity contribution in [3.63, 3.8) is 0 Å². The molecular weight excluding hydrogens is 506 g/mol. The Labute approximate surface area is 237 Å². The van der Waals surface area contributed by atoms with Gasteiger partial charge in [0.25, 0.3) is 0 Å². The van der Waals surface area contributed by atoms with E-state index in [4.69, 9.17) is 0 Å². The van der Waals surface area contributed by atoms with Gasteiger partial charge < -0.3 is 31.1 Å². The normalized spacial score (nSPS) is 19.8. The molecule has 2 aromatic rings. The molecule has 1 aromatic carbocycles. The minimum absolute atomic E-state index is 0.0876. The number of aromatic amines is 1. The van der Waals surface area contributed by atoms with Crippen LogP contribution in [0.4, 0.5) is 0 Å². The van der Waals surface area contributed by atoms with Gasteiger partial charge in [-0.2, -0.15) is 0 Å². The number of carbonyl (C=O) groups excluding carboxylic acids is 2. The maximum atomic E-state index is 13.8. The lowest BCUT2D eigenvalue weighted by Crippen LogP contribution is -2.58. The van der Waals surface area contributed by atoms with Gasteiger partial charge in [-0.05, 0) is 56.0 Å². The summed E-state index contributed by atoms with van der Waals surface area (Å²) in [5.41, 5.74) is 1.76. The number of benzene rings is 1. The number of hydrogen-bond acceptors (Lipinski definition) is 6. The van der Waals surface area contributed by atoms with Crippen LogP contribution in [-0.2, 0) is 22.4 Å². The Morgan fingerprint density at radius 3 is 2.35 bits per heavy atom. The summed E-state index contributed by atoms with van der Waals surface area (Å²) < 4.78 is 0. The second kappa shape index (κ2) is 15.3. The minimum atomic E-state index is -1.04. The number of nitrogens with zero attached hydrogens (tertiary/aromatic N) is 1. The lowest BCUT2D eigenvalue weighted by molar-refractivity contribution is -0.131. The smallest absolute Gasteiger partial charge is 0.243 e. The number of carbonyl (C=O) groups is 2. The monoisotopic (exact) mass is 553 g/mol. The predicted octanol–water partition coefficient (Wildman–Crippen LogP) is 2.63. The number of amides is 2. The lowest BCUT2D eigenvalue weighted by Gasteiger charge is -2.33. The Morgan fingerprint density at radius 2 is 1.70 bits per heavy atom.